The lowest BCUT2D eigenvalue weighted by molar-refractivity contribution is -0.121. The molecule has 0 spiro atoms. The van der Waals surface area contributed by atoms with Gasteiger partial charge in [0.15, 0.2) is 0 Å². The zero-order chi connectivity index (χ0) is 14.0. The number of Topliss-reactive ketones (excluding diaryl/α,β-unsaturated/α-hetero) is 1. The molecule has 0 unspecified atom stereocenters. The van der Waals surface area contributed by atoms with Crippen molar-refractivity contribution in [2.45, 2.75) is 39.5 Å². The molecule has 0 N–H and O–H groups in total. The average molecular weight is 288 g/mol. The Morgan fingerprint density at radius 3 is 1.79 bits per heavy atom. The molecule has 2 aliphatic rings. The maximum atomic E-state index is 12.5. The first-order valence-electron chi connectivity index (χ1n) is 7.17. The smallest absolute Gasteiger partial charge is 0.281 e. The van der Waals surface area contributed by atoms with Crippen LogP contribution in [-0.4, -0.2) is 49.0 Å². The van der Waals surface area contributed by atoms with Crippen LogP contribution in [0.3, 0.4) is 0 Å². The van der Waals surface area contributed by atoms with E-state index in [1.807, 2.05) is 0 Å². The highest BCUT2D eigenvalue weighted by Gasteiger charge is 2.35. The van der Waals surface area contributed by atoms with Crippen LogP contribution in [0.2, 0.25) is 0 Å². The summed E-state index contributed by atoms with van der Waals surface area (Å²) < 4.78 is 28.2. The van der Waals surface area contributed by atoms with Crippen molar-refractivity contribution in [2.75, 3.05) is 26.2 Å². The van der Waals surface area contributed by atoms with Crippen molar-refractivity contribution in [1.82, 2.24) is 8.61 Å². The summed E-state index contributed by atoms with van der Waals surface area (Å²) in [6.07, 6.45) is 3.23. The van der Waals surface area contributed by atoms with E-state index in [1.165, 1.54) is 0 Å². The van der Waals surface area contributed by atoms with Gasteiger partial charge in [0, 0.05) is 32.1 Å². The Morgan fingerprint density at radius 2 is 1.37 bits per heavy atom. The minimum absolute atomic E-state index is 0.0489. The lowest BCUT2D eigenvalue weighted by Crippen LogP contribution is -2.49. The highest BCUT2D eigenvalue weighted by atomic mass is 32.2. The number of carbonyl (C=O) groups is 1. The molecule has 19 heavy (non-hydrogen) atoms. The van der Waals surface area contributed by atoms with Crippen LogP contribution in [0.4, 0.5) is 0 Å². The van der Waals surface area contributed by atoms with Gasteiger partial charge in [0.25, 0.3) is 10.2 Å². The van der Waals surface area contributed by atoms with E-state index in [0.29, 0.717) is 44.9 Å². The molecule has 5 nitrogen and oxygen atoms in total. The lowest BCUT2D eigenvalue weighted by atomic mass is 9.95. The van der Waals surface area contributed by atoms with Crippen molar-refractivity contribution in [3.8, 4) is 0 Å². The second kappa shape index (κ2) is 5.89. The first-order valence-corrected chi connectivity index (χ1v) is 8.56. The molecule has 0 aromatic carbocycles. The van der Waals surface area contributed by atoms with E-state index in [1.54, 1.807) is 15.5 Å². The molecule has 0 aromatic rings. The highest BCUT2D eigenvalue weighted by molar-refractivity contribution is 7.86. The standard InChI is InChI=1S/C13H24N2O3S/c1-11-3-7-14(8-4-11)19(17,18)15-9-5-13(6-10-15)12(2)16/h11,13H,3-10H2,1-2H3. The Bertz CT molecular complexity index is 419. The molecule has 2 fully saturated rings. The summed E-state index contributed by atoms with van der Waals surface area (Å²) in [5, 5.41) is 0. The Hall–Kier alpha value is -0.460. The van der Waals surface area contributed by atoms with Gasteiger partial charge in [-0.15, -0.1) is 0 Å². The van der Waals surface area contributed by atoms with Crippen molar-refractivity contribution in [2.24, 2.45) is 11.8 Å². The van der Waals surface area contributed by atoms with Gasteiger partial charge in [0.2, 0.25) is 0 Å². The highest BCUT2D eigenvalue weighted by Crippen LogP contribution is 2.25. The van der Waals surface area contributed by atoms with Crippen LogP contribution in [0.1, 0.15) is 39.5 Å². The molecule has 0 saturated carbocycles. The summed E-state index contributed by atoms with van der Waals surface area (Å²) in [5.41, 5.74) is 0. The molecule has 2 aliphatic heterocycles. The molecule has 0 atom stereocenters. The van der Waals surface area contributed by atoms with Gasteiger partial charge in [-0.2, -0.15) is 17.0 Å². The number of ketones is 1. The lowest BCUT2D eigenvalue weighted by Gasteiger charge is -2.36. The Morgan fingerprint density at radius 1 is 0.947 bits per heavy atom. The Balaban J connectivity index is 1.96. The molecule has 110 valence electrons. The predicted octanol–water partition coefficient (Wildman–Crippen LogP) is 1.26. The van der Waals surface area contributed by atoms with Crippen LogP contribution in [0, 0.1) is 11.8 Å². The molecule has 2 saturated heterocycles. The van der Waals surface area contributed by atoms with Crippen molar-refractivity contribution < 1.29 is 13.2 Å². The van der Waals surface area contributed by atoms with Crippen LogP contribution >= 0.6 is 0 Å². The molecule has 0 radical (unpaired) electrons. The van der Waals surface area contributed by atoms with Gasteiger partial charge in [0.05, 0.1) is 0 Å². The zero-order valence-electron chi connectivity index (χ0n) is 11.8. The maximum absolute atomic E-state index is 12.5. The van der Waals surface area contributed by atoms with Gasteiger partial charge in [-0.05, 0) is 38.5 Å². The van der Waals surface area contributed by atoms with E-state index in [9.17, 15) is 13.2 Å². The topological polar surface area (TPSA) is 57.7 Å². The molecule has 6 heteroatoms. The number of carbonyl (C=O) groups excluding carboxylic acids is 1. The third-order valence-corrected chi connectivity index (χ3v) is 6.46. The van der Waals surface area contributed by atoms with Gasteiger partial charge in [0.1, 0.15) is 5.78 Å². The number of piperidine rings is 2. The molecule has 0 bridgehead atoms. The first kappa shape index (κ1) is 14.9. The number of hydrogen-bond acceptors (Lipinski definition) is 3. The molecule has 0 aliphatic carbocycles. The SMILES string of the molecule is CC(=O)C1CCN(S(=O)(=O)N2CCC(C)CC2)CC1. The fourth-order valence-electron chi connectivity index (χ4n) is 2.87. The maximum Gasteiger partial charge on any atom is 0.281 e. The van der Waals surface area contributed by atoms with Gasteiger partial charge < -0.3 is 0 Å². The van der Waals surface area contributed by atoms with Gasteiger partial charge in [-0.1, -0.05) is 6.92 Å². The van der Waals surface area contributed by atoms with Crippen LogP contribution in [0.5, 0.6) is 0 Å². The van der Waals surface area contributed by atoms with Gasteiger partial charge in [-0.25, -0.2) is 0 Å². The van der Waals surface area contributed by atoms with E-state index in [2.05, 4.69) is 6.92 Å². The number of nitrogens with zero attached hydrogens (tertiary/aromatic N) is 2. The van der Waals surface area contributed by atoms with E-state index in [4.69, 9.17) is 0 Å². The second-order valence-electron chi connectivity index (χ2n) is 5.87. The molecule has 2 rings (SSSR count). The number of hydrogen-bond donors (Lipinski definition) is 0. The third kappa shape index (κ3) is 3.35. The van der Waals surface area contributed by atoms with Gasteiger partial charge >= 0.3 is 0 Å². The van der Waals surface area contributed by atoms with Crippen molar-refractivity contribution in [3.63, 3.8) is 0 Å². The largest absolute Gasteiger partial charge is 0.300 e. The molecular formula is C13H24N2O3S. The minimum Gasteiger partial charge on any atom is -0.300 e. The predicted molar refractivity (Wildman–Crippen MR) is 73.9 cm³/mol. The summed E-state index contributed by atoms with van der Waals surface area (Å²) in [4.78, 5) is 11.3. The van der Waals surface area contributed by atoms with Crippen LogP contribution in [0.15, 0.2) is 0 Å². The van der Waals surface area contributed by atoms with E-state index < -0.39 is 10.2 Å². The summed E-state index contributed by atoms with van der Waals surface area (Å²) in [6, 6.07) is 0. The van der Waals surface area contributed by atoms with Crippen molar-refractivity contribution in [3.05, 3.63) is 0 Å². The molecule has 0 amide bonds. The van der Waals surface area contributed by atoms with Crippen LogP contribution in [0.25, 0.3) is 0 Å². The summed E-state index contributed by atoms with van der Waals surface area (Å²) in [6.45, 7) is 6.01. The Labute approximate surface area is 116 Å². The van der Waals surface area contributed by atoms with Crippen LogP contribution in [-0.2, 0) is 15.0 Å². The summed E-state index contributed by atoms with van der Waals surface area (Å²) in [5.74, 6) is 0.853. The van der Waals surface area contributed by atoms with Crippen LogP contribution < -0.4 is 0 Å². The first-order chi connectivity index (χ1) is 8.91. The average Bonchev–Trinajstić information content (AvgIpc) is 2.39. The normalized spacial score (nSPS) is 25.6. The molecule has 0 aromatic heterocycles. The van der Waals surface area contributed by atoms with E-state index in [0.717, 1.165) is 12.8 Å². The van der Waals surface area contributed by atoms with Crippen molar-refractivity contribution in [1.29, 1.82) is 0 Å². The fourth-order valence-corrected chi connectivity index (χ4v) is 4.54. The minimum atomic E-state index is -3.30. The molecular weight excluding hydrogens is 264 g/mol. The third-order valence-electron chi connectivity index (χ3n) is 4.42. The van der Waals surface area contributed by atoms with E-state index >= 15 is 0 Å². The molecule has 2 heterocycles. The summed E-state index contributed by atoms with van der Waals surface area (Å²) in [7, 11) is -3.30. The monoisotopic (exact) mass is 288 g/mol. The zero-order valence-corrected chi connectivity index (χ0v) is 12.7. The van der Waals surface area contributed by atoms with E-state index in [-0.39, 0.29) is 11.7 Å². The number of rotatable bonds is 3. The fraction of sp³-hybridized carbons (Fsp3) is 0.923. The second-order valence-corrected chi connectivity index (χ2v) is 7.80. The quantitative estimate of drug-likeness (QED) is 0.785. The summed E-state index contributed by atoms with van der Waals surface area (Å²) >= 11 is 0. The van der Waals surface area contributed by atoms with Crippen molar-refractivity contribution >= 4 is 16.0 Å². The Kier molecular flexibility index (Phi) is 4.63. The van der Waals surface area contributed by atoms with Gasteiger partial charge in [-0.3, -0.25) is 4.79 Å².